The van der Waals surface area contributed by atoms with Gasteiger partial charge in [0.2, 0.25) is 10.0 Å². The Labute approximate surface area is 124 Å². The second kappa shape index (κ2) is 6.79. The van der Waals surface area contributed by atoms with E-state index in [-0.39, 0.29) is 17.5 Å². The number of benzene rings is 1. The van der Waals surface area contributed by atoms with Crippen LogP contribution in [0.2, 0.25) is 0 Å². The first-order chi connectivity index (χ1) is 9.99. The van der Waals surface area contributed by atoms with Gasteiger partial charge in [0.05, 0.1) is 11.4 Å². The van der Waals surface area contributed by atoms with E-state index in [1.165, 1.54) is 6.33 Å². The van der Waals surface area contributed by atoms with Crippen molar-refractivity contribution in [3.8, 4) is 0 Å². The van der Waals surface area contributed by atoms with Gasteiger partial charge < -0.3 is 5.32 Å². The molecule has 0 saturated heterocycles. The van der Waals surface area contributed by atoms with Gasteiger partial charge in [0.1, 0.15) is 12.2 Å². The van der Waals surface area contributed by atoms with E-state index in [4.69, 9.17) is 0 Å². The number of hydrogen-bond acceptors (Lipinski definition) is 5. The maximum Gasteiger partial charge on any atom is 0.241 e. The summed E-state index contributed by atoms with van der Waals surface area (Å²) in [6.45, 7) is 4.60. The van der Waals surface area contributed by atoms with Crippen LogP contribution in [-0.4, -0.2) is 29.6 Å². The summed E-state index contributed by atoms with van der Waals surface area (Å²) in [6.07, 6.45) is 1.34. The van der Waals surface area contributed by atoms with Gasteiger partial charge in [-0.3, -0.25) is 5.10 Å². The van der Waals surface area contributed by atoms with Crippen LogP contribution >= 0.6 is 0 Å². The van der Waals surface area contributed by atoms with Crippen LogP contribution in [0.1, 0.15) is 25.2 Å². The normalized spacial score (nSPS) is 12.0. The molecule has 0 aliphatic heterocycles. The summed E-state index contributed by atoms with van der Waals surface area (Å²) in [5.74, 6) is 0.469. The number of nitrogens with zero attached hydrogens (tertiary/aromatic N) is 2. The summed E-state index contributed by atoms with van der Waals surface area (Å²) in [6, 6.07) is 7.22. The highest BCUT2D eigenvalue weighted by Crippen LogP contribution is 2.15. The van der Waals surface area contributed by atoms with E-state index < -0.39 is 10.0 Å². The Balaban J connectivity index is 2.15. The van der Waals surface area contributed by atoms with Crippen molar-refractivity contribution in [1.29, 1.82) is 0 Å². The molecular weight excluding hydrogens is 290 g/mol. The van der Waals surface area contributed by atoms with E-state index >= 15 is 0 Å². The fourth-order valence-electron chi connectivity index (χ4n) is 1.78. The molecule has 7 nitrogen and oxygen atoms in total. The highest BCUT2D eigenvalue weighted by molar-refractivity contribution is 7.89. The molecule has 0 atom stereocenters. The molecule has 0 radical (unpaired) electrons. The molecule has 0 spiro atoms. The zero-order valence-electron chi connectivity index (χ0n) is 12.0. The van der Waals surface area contributed by atoms with Crippen LogP contribution in [0.15, 0.2) is 35.5 Å². The van der Waals surface area contributed by atoms with Crippen LogP contribution < -0.4 is 10.0 Å². The van der Waals surface area contributed by atoms with Gasteiger partial charge in [-0.1, -0.05) is 32.0 Å². The standard InChI is InChI=1S/C13H19N5O2S/c1-10(2)14-7-11-5-3-4-6-12(11)21(19,20)17-8-13-15-9-16-18-13/h3-6,9-10,14,17H,7-8H2,1-2H3,(H,15,16,18). The fourth-order valence-corrected chi connectivity index (χ4v) is 3.01. The molecule has 114 valence electrons. The molecule has 0 aliphatic carbocycles. The molecular formula is C13H19N5O2S. The first-order valence-corrected chi connectivity index (χ1v) is 8.12. The molecule has 0 bridgehead atoms. The third-order valence-electron chi connectivity index (χ3n) is 2.86. The summed E-state index contributed by atoms with van der Waals surface area (Å²) < 4.78 is 27.3. The summed E-state index contributed by atoms with van der Waals surface area (Å²) in [5, 5.41) is 9.52. The fraction of sp³-hybridized carbons (Fsp3) is 0.385. The minimum absolute atomic E-state index is 0.0777. The van der Waals surface area contributed by atoms with E-state index in [0.29, 0.717) is 12.4 Å². The molecule has 0 fully saturated rings. The molecule has 1 aromatic heterocycles. The Morgan fingerprint density at radius 1 is 1.24 bits per heavy atom. The topological polar surface area (TPSA) is 99.8 Å². The van der Waals surface area contributed by atoms with Gasteiger partial charge in [-0.05, 0) is 11.6 Å². The molecule has 1 heterocycles. The second-order valence-corrected chi connectivity index (χ2v) is 6.64. The van der Waals surface area contributed by atoms with Gasteiger partial charge in [-0.25, -0.2) is 18.1 Å². The molecule has 0 saturated carbocycles. The van der Waals surface area contributed by atoms with E-state index in [2.05, 4.69) is 25.2 Å². The van der Waals surface area contributed by atoms with Gasteiger partial charge >= 0.3 is 0 Å². The van der Waals surface area contributed by atoms with Crippen LogP contribution in [0.3, 0.4) is 0 Å². The maximum atomic E-state index is 12.4. The van der Waals surface area contributed by atoms with Crippen molar-refractivity contribution in [2.45, 2.75) is 37.9 Å². The molecule has 8 heteroatoms. The van der Waals surface area contributed by atoms with Gasteiger partial charge in [0.25, 0.3) is 0 Å². The number of hydrogen-bond donors (Lipinski definition) is 3. The predicted octanol–water partition coefficient (Wildman–Crippen LogP) is 0.781. The number of aromatic amines is 1. The van der Waals surface area contributed by atoms with E-state index in [9.17, 15) is 8.42 Å². The molecule has 0 aliphatic rings. The van der Waals surface area contributed by atoms with Crippen LogP contribution in [-0.2, 0) is 23.1 Å². The summed E-state index contributed by atoms with van der Waals surface area (Å²) in [7, 11) is -3.59. The van der Waals surface area contributed by atoms with Crippen LogP contribution in [0, 0.1) is 0 Å². The minimum Gasteiger partial charge on any atom is -0.310 e. The van der Waals surface area contributed by atoms with Crippen molar-refractivity contribution in [3.05, 3.63) is 42.0 Å². The van der Waals surface area contributed by atoms with Crippen molar-refractivity contribution in [2.75, 3.05) is 0 Å². The van der Waals surface area contributed by atoms with Crippen LogP contribution in [0.5, 0.6) is 0 Å². The van der Waals surface area contributed by atoms with Crippen LogP contribution in [0.4, 0.5) is 0 Å². The van der Waals surface area contributed by atoms with Crippen molar-refractivity contribution in [3.63, 3.8) is 0 Å². The Kier molecular flexibility index (Phi) is 5.05. The Bertz CT molecular complexity index is 668. The Morgan fingerprint density at radius 3 is 2.67 bits per heavy atom. The molecule has 1 aromatic carbocycles. The van der Waals surface area contributed by atoms with E-state index in [0.717, 1.165) is 5.56 Å². The number of rotatable bonds is 7. The molecule has 0 unspecified atom stereocenters. The molecule has 2 aromatic rings. The quantitative estimate of drug-likeness (QED) is 0.702. The summed E-state index contributed by atoms with van der Waals surface area (Å²) in [5.41, 5.74) is 0.733. The molecule has 2 rings (SSSR count). The molecule has 21 heavy (non-hydrogen) atoms. The van der Waals surface area contributed by atoms with Crippen molar-refractivity contribution >= 4 is 10.0 Å². The SMILES string of the molecule is CC(C)NCc1ccccc1S(=O)(=O)NCc1ncn[nH]1. The number of sulfonamides is 1. The number of aromatic nitrogens is 3. The highest BCUT2D eigenvalue weighted by atomic mass is 32.2. The van der Waals surface area contributed by atoms with Crippen molar-refractivity contribution in [1.82, 2.24) is 25.2 Å². The lowest BCUT2D eigenvalue weighted by Gasteiger charge is -2.13. The monoisotopic (exact) mass is 309 g/mol. The van der Waals surface area contributed by atoms with Gasteiger partial charge in [-0.15, -0.1) is 0 Å². The molecule has 3 N–H and O–H groups in total. The molecule has 0 amide bonds. The van der Waals surface area contributed by atoms with Gasteiger partial charge in [0.15, 0.2) is 0 Å². The average molecular weight is 309 g/mol. The Morgan fingerprint density at radius 2 is 2.00 bits per heavy atom. The second-order valence-electron chi connectivity index (χ2n) is 4.90. The van der Waals surface area contributed by atoms with Crippen molar-refractivity contribution in [2.24, 2.45) is 0 Å². The third kappa shape index (κ3) is 4.35. The largest absolute Gasteiger partial charge is 0.310 e. The lowest BCUT2D eigenvalue weighted by molar-refractivity contribution is 0.567. The number of H-pyrrole nitrogens is 1. The van der Waals surface area contributed by atoms with E-state index in [1.54, 1.807) is 18.2 Å². The lowest BCUT2D eigenvalue weighted by Crippen LogP contribution is -2.27. The van der Waals surface area contributed by atoms with Gasteiger partial charge in [-0.2, -0.15) is 5.10 Å². The first-order valence-electron chi connectivity index (χ1n) is 6.64. The maximum absolute atomic E-state index is 12.4. The smallest absolute Gasteiger partial charge is 0.241 e. The summed E-state index contributed by atoms with van der Waals surface area (Å²) >= 11 is 0. The predicted molar refractivity (Wildman–Crippen MR) is 78.8 cm³/mol. The van der Waals surface area contributed by atoms with Crippen molar-refractivity contribution < 1.29 is 8.42 Å². The zero-order chi connectivity index (χ0) is 15.3. The number of nitrogens with one attached hydrogen (secondary N) is 3. The average Bonchev–Trinajstić information content (AvgIpc) is 2.97. The highest BCUT2D eigenvalue weighted by Gasteiger charge is 2.18. The zero-order valence-corrected chi connectivity index (χ0v) is 12.8. The Hall–Kier alpha value is -1.77. The first kappa shape index (κ1) is 15.6. The minimum atomic E-state index is -3.59. The van der Waals surface area contributed by atoms with E-state index in [1.807, 2.05) is 19.9 Å². The van der Waals surface area contributed by atoms with Crippen LogP contribution in [0.25, 0.3) is 0 Å². The summed E-state index contributed by atoms with van der Waals surface area (Å²) in [4.78, 5) is 4.16. The third-order valence-corrected chi connectivity index (χ3v) is 4.36. The van der Waals surface area contributed by atoms with Gasteiger partial charge in [0, 0.05) is 12.6 Å². The lowest BCUT2D eigenvalue weighted by atomic mass is 10.2.